The summed E-state index contributed by atoms with van der Waals surface area (Å²) >= 11 is 0. The molecule has 0 radical (unpaired) electrons. The molecule has 1 fully saturated rings. The van der Waals surface area contributed by atoms with Crippen LogP contribution in [0.2, 0.25) is 0 Å². The summed E-state index contributed by atoms with van der Waals surface area (Å²) in [4.78, 5) is 0. The summed E-state index contributed by atoms with van der Waals surface area (Å²) in [6, 6.07) is 2.16. The maximum Gasteiger partial charge on any atom is 0.147 e. The summed E-state index contributed by atoms with van der Waals surface area (Å²) in [7, 11) is 0. The summed E-state index contributed by atoms with van der Waals surface area (Å²) in [6.45, 7) is 3.48. The van der Waals surface area contributed by atoms with Crippen molar-refractivity contribution >= 4 is 0 Å². The Morgan fingerprint density at radius 1 is 1.46 bits per heavy atom. The Kier molecular flexibility index (Phi) is 3.71. The van der Waals surface area contributed by atoms with E-state index in [1.165, 1.54) is 6.42 Å². The Morgan fingerprint density at radius 3 is 2.38 bits per heavy atom. The van der Waals surface area contributed by atoms with Gasteiger partial charge in [-0.15, -0.1) is 0 Å². The minimum absolute atomic E-state index is 0.245. The third kappa shape index (κ3) is 2.68. The first kappa shape index (κ1) is 10.5. The Bertz CT molecular complexity index is 194. The van der Waals surface area contributed by atoms with Crippen LogP contribution in [0.3, 0.4) is 0 Å². The van der Waals surface area contributed by atoms with Gasteiger partial charge in [-0.3, -0.25) is 0 Å². The van der Waals surface area contributed by atoms with Crippen molar-refractivity contribution in [3.05, 3.63) is 0 Å². The van der Waals surface area contributed by atoms with Crippen molar-refractivity contribution in [1.29, 1.82) is 5.26 Å². The van der Waals surface area contributed by atoms with Crippen molar-refractivity contribution in [3.8, 4) is 6.07 Å². The molecule has 1 aliphatic rings. The zero-order valence-electron chi connectivity index (χ0n) is 8.23. The van der Waals surface area contributed by atoms with E-state index < -0.39 is 6.10 Å². The standard InChI is InChI=1S/C10H17NO2/c1-7(12)8(2)13-10(6-11)9-4-3-5-9/h7-10,12H,3-5H2,1-2H3. The maximum absolute atomic E-state index is 9.20. The second-order valence-electron chi connectivity index (χ2n) is 3.82. The first-order chi connectivity index (χ1) is 6.15. The molecule has 13 heavy (non-hydrogen) atoms. The van der Waals surface area contributed by atoms with Crippen LogP contribution in [0.1, 0.15) is 33.1 Å². The first-order valence-corrected chi connectivity index (χ1v) is 4.88. The molecule has 0 saturated heterocycles. The average Bonchev–Trinajstić information content (AvgIpc) is 1.99. The van der Waals surface area contributed by atoms with Gasteiger partial charge in [0.15, 0.2) is 0 Å². The van der Waals surface area contributed by atoms with Crippen LogP contribution in [-0.4, -0.2) is 23.4 Å². The van der Waals surface area contributed by atoms with Crippen LogP contribution in [0.4, 0.5) is 0 Å². The number of aliphatic hydroxyl groups is 1. The number of ether oxygens (including phenoxy) is 1. The molecule has 0 aromatic rings. The monoisotopic (exact) mass is 183 g/mol. The van der Waals surface area contributed by atoms with E-state index in [-0.39, 0.29) is 12.2 Å². The number of rotatable bonds is 4. The number of hydrogen-bond donors (Lipinski definition) is 1. The Hall–Kier alpha value is -0.590. The molecule has 0 heterocycles. The lowest BCUT2D eigenvalue weighted by Gasteiger charge is -2.31. The molecule has 1 saturated carbocycles. The lowest BCUT2D eigenvalue weighted by atomic mass is 9.81. The smallest absolute Gasteiger partial charge is 0.147 e. The number of nitriles is 1. The predicted octanol–water partition coefficient (Wildman–Crippen LogP) is 1.46. The molecule has 0 aromatic carbocycles. The lowest BCUT2D eigenvalue weighted by molar-refractivity contribution is -0.0713. The van der Waals surface area contributed by atoms with Gasteiger partial charge in [-0.25, -0.2) is 0 Å². The van der Waals surface area contributed by atoms with Gasteiger partial charge in [-0.2, -0.15) is 5.26 Å². The van der Waals surface area contributed by atoms with Crippen LogP contribution < -0.4 is 0 Å². The summed E-state index contributed by atoms with van der Waals surface area (Å²) in [5.74, 6) is 0.395. The molecule has 1 aliphatic carbocycles. The van der Waals surface area contributed by atoms with E-state index in [2.05, 4.69) is 6.07 Å². The molecule has 3 heteroatoms. The number of nitrogens with zero attached hydrogens (tertiary/aromatic N) is 1. The summed E-state index contributed by atoms with van der Waals surface area (Å²) in [5, 5.41) is 18.0. The van der Waals surface area contributed by atoms with E-state index in [0.717, 1.165) is 12.8 Å². The van der Waals surface area contributed by atoms with Crippen LogP contribution in [-0.2, 0) is 4.74 Å². The summed E-state index contributed by atoms with van der Waals surface area (Å²) in [6.07, 6.45) is 2.31. The minimum Gasteiger partial charge on any atom is -0.391 e. The normalized spacial score (nSPS) is 24.2. The van der Waals surface area contributed by atoms with Gasteiger partial charge < -0.3 is 9.84 Å². The quantitative estimate of drug-likeness (QED) is 0.718. The van der Waals surface area contributed by atoms with E-state index in [1.807, 2.05) is 0 Å². The van der Waals surface area contributed by atoms with E-state index in [0.29, 0.717) is 5.92 Å². The van der Waals surface area contributed by atoms with Gasteiger partial charge in [0.1, 0.15) is 6.10 Å². The highest BCUT2D eigenvalue weighted by Gasteiger charge is 2.29. The summed E-state index contributed by atoms with van der Waals surface area (Å²) in [5.41, 5.74) is 0. The zero-order chi connectivity index (χ0) is 9.84. The minimum atomic E-state index is -0.504. The van der Waals surface area contributed by atoms with Gasteiger partial charge in [-0.05, 0) is 32.6 Å². The van der Waals surface area contributed by atoms with Gasteiger partial charge in [0, 0.05) is 0 Å². The molecule has 3 nitrogen and oxygen atoms in total. The highest BCUT2D eigenvalue weighted by Crippen LogP contribution is 2.31. The molecular formula is C10H17NO2. The molecule has 74 valence electrons. The molecule has 0 amide bonds. The maximum atomic E-state index is 9.20. The lowest BCUT2D eigenvalue weighted by Crippen LogP contribution is -2.34. The Morgan fingerprint density at radius 2 is 2.08 bits per heavy atom. The fraction of sp³-hybridized carbons (Fsp3) is 0.900. The third-order valence-electron chi connectivity index (χ3n) is 2.75. The fourth-order valence-electron chi connectivity index (χ4n) is 1.33. The second kappa shape index (κ2) is 4.59. The molecule has 0 bridgehead atoms. The average molecular weight is 183 g/mol. The van der Waals surface area contributed by atoms with Crippen LogP contribution in [0.5, 0.6) is 0 Å². The highest BCUT2D eigenvalue weighted by molar-refractivity contribution is 4.94. The van der Waals surface area contributed by atoms with Crippen LogP contribution >= 0.6 is 0 Å². The number of aliphatic hydroxyl groups excluding tert-OH is 1. The van der Waals surface area contributed by atoms with Crippen molar-refractivity contribution in [1.82, 2.24) is 0 Å². The van der Waals surface area contributed by atoms with Crippen molar-refractivity contribution in [3.63, 3.8) is 0 Å². The highest BCUT2D eigenvalue weighted by atomic mass is 16.5. The van der Waals surface area contributed by atoms with E-state index in [4.69, 9.17) is 10.00 Å². The van der Waals surface area contributed by atoms with Gasteiger partial charge >= 0.3 is 0 Å². The van der Waals surface area contributed by atoms with Crippen LogP contribution in [0, 0.1) is 17.2 Å². The van der Waals surface area contributed by atoms with Crippen molar-refractivity contribution in [2.45, 2.75) is 51.4 Å². The molecule has 1 N–H and O–H groups in total. The topological polar surface area (TPSA) is 53.2 Å². The van der Waals surface area contributed by atoms with Gasteiger partial charge in [0.05, 0.1) is 18.3 Å². The largest absolute Gasteiger partial charge is 0.391 e. The van der Waals surface area contributed by atoms with Crippen LogP contribution in [0.15, 0.2) is 0 Å². The molecule has 1 rings (SSSR count). The van der Waals surface area contributed by atoms with Crippen molar-refractivity contribution in [2.75, 3.05) is 0 Å². The Balaban J connectivity index is 2.35. The van der Waals surface area contributed by atoms with Crippen LogP contribution in [0.25, 0.3) is 0 Å². The second-order valence-corrected chi connectivity index (χ2v) is 3.82. The predicted molar refractivity (Wildman–Crippen MR) is 49.0 cm³/mol. The van der Waals surface area contributed by atoms with E-state index >= 15 is 0 Å². The first-order valence-electron chi connectivity index (χ1n) is 4.88. The molecule has 0 aromatic heterocycles. The zero-order valence-corrected chi connectivity index (χ0v) is 8.23. The molecule has 0 spiro atoms. The molecular weight excluding hydrogens is 166 g/mol. The van der Waals surface area contributed by atoms with Crippen molar-refractivity contribution < 1.29 is 9.84 Å². The van der Waals surface area contributed by atoms with E-state index in [1.54, 1.807) is 13.8 Å². The molecule has 3 unspecified atom stereocenters. The van der Waals surface area contributed by atoms with Crippen molar-refractivity contribution in [2.24, 2.45) is 5.92 Å². The number of hydrogen-bond acceptors (Lipinski definition) is 3. The summed E-state index contributed by atoms with van der Waals surface area (Å²) < 4.78 is 5.45. The molecule has 3 atom stereocenters. The Labute approximate surface area is 79.3 Å². The van der Waals surface area contributed by atoms with Gasteiger partial charge in [0.2, 0.25) is 0 Å². The van der Waals surface area contributed by atoms with E-state index in [9.17, 15) is 5.11 Å². The van der Waals surface area contributed by atoms with Gasteiger partial charge in [0.25, 0.3) is 0 Å². The SMILES string of the molecule is CC(O)C(C)OC(C#N)C1CCC1. The van der Waals surface area contributed by atoms with Gasteiger partial charge in [-0.1, -0.05) is 6.42 Å². The third-order valence-corrected chi connectivity index (χ3v) is 2.75. The molecule has 0 aliphatic heterocycles. The fourth-order valence-corrected chi connectivity index (χ4v) is 1.33.